The third kappa shape index (κ3) is 1.01. The number of hydrogen-bond acceptors (Lipinski definition) is 3. The van der Waals surface area contributed by atoms with Crippen LogP contribution in [0.3, 0.4) is 0 Å². The quantitative estimate of drug-likeness (QED) is 0.643. The summed E-state index contributed by atoms with van der Waals surface area (Å²) in [5.41, 5.74) is 0.950. The molecule has 1 aromatic rings. The highest BCUT2D eigenvalue weighted by Crippen LogP contribution is 2.44. The molecule has 1 heterocycles. The van der Waals surface area contributed by atoms with Crippen molar-refractivity contribution in [2.45, 2.75) is 25.4 Å². The number of aliphatic hydroxyl groups is 1. The molecule has 1 N–H and O–H groups in total. The van der Waals surface area contributed by atoms with Gasteiger partial charge in [0.05, 0.1) is 11.4 Å². The van der Waals surface area contributed by atoms with Crippen LogP contribution in [0, 0.1) is 6.92 Å². The molecule has 58 valence electrons. The van der Waals surface area contributed by atoms with Crippen LogP contribution in [-0.4, -0.2) is 15.1 Å². The molecule has 0 amide bonds. The van der Waals surface area contributed by atoms with Gasteiger partial charge in [-0.05, 0) is 19.8 Å². The maximum Gasteiger partial charge on any atom is 0.109 e. The lowest BCUT2D eigenvalue weighted by atomic mass is 10.2. The van der Waals surface area contributed by atoms with Crippen molar-refractivity contribution in [3.8, 4) is 0 Å². The average molecular weight is 150 g/mol. The van der Waals surface area contributed by atoms with Gasteiger partial charge in [0.1, 0.15) is 5.60 Å². The molecule has 0 aromatic carbocycles. The molecule has 3 nitrogen and oxygen atoms in total. The molecular weight excluding hydrogens is 140 g/mol. The highest BCUT2D eigenvalue weighted by atomic mass is 16.3. The van der Waals surface area contributed by atoms with Crippen LogP contribution in [0.25, 0.3) is 0 Å². The van der Waals surface area contributed by atoms with Crippen LogP contribution in [0.5, 0.6) is 0 Å². The molecule has 1 fully saturated rings. The minimum absolute atomic E-state index is 0.641. The number of rotatable bonds is 1. The fraction of sp³-hybridized carbons (Fsp3) is 0.500. The second kappa shape index (κ2) is 2.01. The minimum Gasteiger partial charge on any atom is -0.383 e. The molecule has 0 spiro atoms. The molecule has 1 aliphatic carbocycles. The SMILES string of the molecule is Cc1nccnc1C1(O)CC1. The summed E-state index contributed by atoms with van der Waals surface area (Å²) < 4.78 is 0. The Morgan fingerprint density at radius 2 is 2.00 bits per heavy atom. The van der Waals surface area contributed by atoms with Crippen molar-refractivity contribution < 1.29 is 5.11 Å². The molecule has 0 radical (unpaired) electrons. The molecule has 3 heteroatoms. The van der Waals surface area contributed by atoms with Gasteiger partial charge in [-0.2, -0.15) is 0 Å². The average Bonchev–Trinajstić information content (AvgIpc) is 2.70. The van der Waals surface area contributed by atoms with Gasteiger partial charge in [0.2, 0.25) is 0 Å². The predicted octanol–water partition coefficient (Wildman–Crippen LogP) is 0.766. The van der Waals surface area contributed by atoms with Gasteiger partial charge in [-0.3, -0.25) is 9.97 Å². The first-order chi connectivity index (χ1) is 5.22. The number of hydrogen-bond donors (Lipinski definition) is 1. The van der Waals surface area contributed by atoms with Crippen LogP contribution in [0.1, 0.15) is 24.2 Å². The Kier molecular flexibility index (Phi) is 1.23. The highest BCUT2D eigenvalue weighted by Gasteiger charge is 2.44. The molecule has 1 aliphatic rings. The number of nitrogens with zero attached hydrogens (tertiary/aromatic N) is 2. The van der Waals surface area contributed by atoms with Gasteiger partial charge in [0.25, 0.3) is 0 Å². The third-order valence-corrected chi connectivity index (χ3v) is 2.05. The Balaban J connectivity index is 2.45. The van der Waals surface area contributed by atoms with E-state index in [1.165, 1.54) is 0 Å². The van der Waals surface area contributed by atoms with Gasteiger partial charge in [-0.25, -0.2) is 0 Å². The summed E-state index contributed by atoms with van der Waals surface area (Å²) in [5.74, 6) is 0. The Morgan fingerprint density at radius 1 is 1.36 bits per heavy atom. The maximum atomic E-state index is 9.68. The Hall–Kier alpha value is -0.960. The fourth-order valence-corrected chi connectivity index (χ4v) is 1.22. The van der Waals surface area contributed by atoms with E-state index in [9.17, 15) is 5.11 Å². The van der Waals surface area contributed by atoms with Crippen LogP contribution in [0.2, 0.25) is 0 Å². The zero-order valence-electron chi connectivity index (χ0n) is 6.41. The van der Waals surface area contributed by atoms with Crippen molar-refractivity contribution in [2.24, 2.45) is 0 Å². The summed E-state index contributed by atoms with van der Waals surface area (Å²) in [6, 6.07) is 0. The first-order valence-electron chi connectivity index (χ1n) is 3.73. The Labute approximate surface area is 65.1 Å². The lowest BCUT2D eigenvalue weighted by molar-refractivity contribution is 0.145. The Morgan fingerprint density at radius 3 is 2.55 bits per heavy atom. The van der Waals surface area contributed by atoms with E-state index in [-0.39, 0.29) is 0 Å². The van der Waals surface area contributed by atoms with Crippen LogP contribution in [-0.2, 0) is 5.60 Å². The minimum atomic E-state index is -0.641. The van der Waals surface area contributed by atoms with Gasteiger partial charge >= 0.3 is 0 Å². The standard InChI is InChI=1S/C8H10N2O/c1-6-7(8(11)2-3-8)10-5-4-9-6/h4-5,11H,2-3H2,1H3. The van der Waals surface area contributed by atoms with Crippen LogP contribution < -0.4 is 0 Å². The van der Waals surface area contributed by atoms with Gasteiger partial charge in [0.15, 0.2) is 0 Å². The van der Waals surface area contributed by atoms with Crippen molar-refractivity contribution in [1.82, 2.24) is 9.97 Å². The molecule has 0 bridgehead atoms. The van der Waals surface area contributed by atoms with Crippen molar-refractivity contribution in [2.75, 3.05) is 0 Å². The zero-order chi connectivity index (χ0) is 7.90. The first-order valence-corrected chi connectivity index (χ1v) is 3.73. The highest BCUT2D eigenvalue weighted by molar-refractivity contribution is 5.22. The van der Waals surface area contributed by atoms with Crippen molar-refractivity contribution in [3.63, 3.8) is 0 Å². The van der Waals surface area contributed by atoms with E-state index >= 15 is 0 Å². The summed E-state index contributed by atoms with van der Waals surface area (Å²) >= 11 is 0. The first kappa shape index (κ1) is 6.73. The van der Waals surface area contributed by atoms with Crippen LogP contribution in [0.15, 0.2) is 12.4 Å². The largest absolute Gasteiger partial charge is 0.383 e. The van der Waals surface area contributed by atoms with Crippen molar-refractivity contribution in [1.29, 1.82) is 0 Å². The second-order valence-corrected chi connectivity index (χ2v) is 3.02. The summed E-state index contributed by atoms with van der Waals surface area (Å²) in [6.45, 7) is 1.87. The van der Waals surface area contributed by atoms with E-state index in [1.54, 1.807) is 12.4 Å². The van der Waals surface area contributed by atoms with E-state index in [2.05, 4.69) is 9.97 Å². The van der Waals surface area contributed by atoms with Crippen LogP contribution >= 0.6 is 0 Å². The number of aryl methyl sites for hydroxylation is 1. The molecular formula is C8H10N2O. The third-order valence-electron chi connectivity index (χ3n) is 2.05. The van der Waals surface area contributed by atoms with Gasteiger partial charge in [-0.1, -0.05) is 0 Å². The molecule has 11 heavy (non-hydrogen) atoms. The Bertz CT molecular complexity index is 281. The van der Waals surface area contributed by atoms with E-state index in [1.807, 2.05) is 6.92 Å². The monoisotopic (exact) mass is 150 g/mol. The summed E-state index contributed by atoms with van der Waals surface area (Å²) in [5, 5.41) is 9.68. The van der Waals surface area contributed by atoms with Crippen molar-refractivity contribution >= 4 is 0 Å². The summed E-state index contributed by atoms with van der Waals surface area (Å²) in [7, 11) is 0. The second-order valence-electron chi connectivity index (χ2n) is 3.02. The zero-order valence-corrected chi connectivity index (χ0v) is 6.41. The molecule has 1 saturated carbocycles. The van der Waals surface area contributed by atoms with E-state index in [4.69, 9.17) is 0 Å². The smallest absolute Gasteiger partial charge is 0.109 e. The predicted molar refractivity (Wildman–Crippen MR) is 39.9 cm³/mol. The molecule has 0 aliphatic heterocycles. The van der Waals surface area contributed by atoms with Crippen molar-refractivity contribution in [3.05, 3.63) is 23.8 Å². The van der Waals surface area contributed by atoms with Gasteiger partial charge in [-0.15, -0.1) is 0 Å². The van der Waals surface area contributed by atoms with E-state index < -0.39 is 5.60 Å². The summed E-state index contributed by atoms with van der Waals surface area (Å²) in [4.78, 5) is 8.16. The lowest BCUT2D eigenvalue weighted by Gasteiger charge is -2.07. The van der Waals surface area contributed by atoms with Gasteiger partial charge < -0.3 is 5.11 Å². The van der Waals surface area contributed by atoms with Crippen LogP contribution in [0.4, 0.5) is 0 Å². The number of aromatic nitrogens is 2. The lowest BCUT2D eigenvalue weighted by Crippen LogP contribution is -2.10. The summed E-state index contributed by atoms with van der Waals surface area (Å²) in [6.07, 6.45) is 4.92. The molecule has 0 atom stereocenters. The fourth-order valence-electron chi connectivity index (χ4n) is 1.22. The van der Waals surface area contributed by atoms with Gasteiger partial charge in [0, 0.05) is 12.4 Å². The van der Waals surface area contributed by atoms with E-state index in [0.717, 1.165) is 24.2 Å². The molecule has 0 saturated heterocycles. The molecule has 2 rings (SSSR count). The maximum absolute atomic E-state index is 9.68. The molecule has 0 unspecified atom stereocenters. The molecule has 1 aromatic heterocycles. The van der Waals surface area contributed by atoms with E-state index in [0.29, 0.717) is 0 Å². The normalized spacial score (nSPS) is 19.8. The topological polar surface area (TPSA) is 46.0 Å².